The highest BCUT2D eigenvalue weighted by Crippen LogP contribution is 2.21. The van der Waals surface area contributed by atoms with Crippen molar-refractivity contribution in [2.24, 2.45) is 0 Å². The number of carbonyl (C=O) groups excluding carboxylic acids is 1. The number of nitrogens with zero attached hydrogens (tertiary/aromatic N) is 4. The molecule has 0 saturated carbocycles. The average Bonchev–Trinajstić information content (AvgIpc) is 3.01. The smallest absolute Gasteiger partial charge is 0.274 e. The van der Waals surface area contributed by atoms with Crippen molar-refractivity contribution < 1.29 is 13.2 Å². The molecule has 9 heteroatoms. The lowest BCUT2D eigenvalue weighted by Gasteiger charge is -2.23. The van der Waals surface area contributed by atoms with E-state index in [1.807, 2.05) is 6.07 Å². The normalized spacial score (nSPS) is 17.9. The number of rotatable bonds is 4. The molecule has 1 atom stereocenters. The molecule has 27 heavy (non-hydrogen) atoms. The van der Waals surface area contributed by atoms with Gasteiger partial charge in [0.05, 0.1) is 23.1 Å². The number of aryl methyl sites for hydroxylation is 1. The molecule has 0 radical (unpaired) electrons. The molecule has 2 aromatic rings. The van der Waals surface area contributed by atoms with Crippen LogP contribution in [0.5, 0.6) is 0 Å². The van der Waals surface area contributed by atoms with E-state index < -0.39 is 15.7 Å². The molecule has 0 spiro atoms. The minimum Gasteiger partial charge on any atom is -0.340 e. The van der Waals surface area contributed by atoms with Crippen LogP contribution in [0.25, 0.3) is 0 Å². The molecule has 1 N–H and O–H groups in total. The van der Waals surface area contributed by atoms with E-state index in [2.05, 4.69) is 15.3 Å². The van der Waals surface area contributed by atoms with Crippen molar-refractivity contribution in [3.05, 3.63) is 47.3 Å². The maximum atomic E-state index is 12.5. The third-order valence-electron chi connectivity index (χ3n) is 4.42. The van der Waals surface area contributed by atoms with Crippen molar-refractivity contribution in [1.29, 1.82) is 5.26 Å². The standard InChI is InChI=1S/C18H19N5O3S/c1-12-9-16(17(24)21-14-5-3-13(10-19)4-6-14)22-18(20-12)23(2)15-7-8-27(25,26)11-15/h3-6,9,15H,7-8,11H2,1-2H3,(H,21,24). The minimum atomic E-state index is -3.03. The van der Waals surface area contributed by atoms with Gasteiger partial charge in [0.15, 0.2) is 9.84 Å². The lowest BCUT2D eigenvalue weighted by molar-refractivity contribution is 0.102. The van der Waals surface area contributed by atoms with Gasteiger partial charge in [-0.2, -0.15) is 5.26 Å². The first-order chi connectivity index (χ1) is 12.8. The molecule has 1 saturated heterocycles. The number of anilines is 2. The van der Waals surface area contributed by atoms with Crippen LogP contribution in [0.3, 0.4) is 0 Å². The first kappa shape index (κ1) is 18.8. The van der Waals surface area contributed by atoms with Crippen LogP contribution in [0.1, 0.15) is 28.2 Å². The van der Waals surface area contributed by atoms with E-state index in [0.29, 0.717) is 29.3 Å². The van der Waals surface area contributed by atoms with Crippen LogP contribution in [0.15, 0.2) is 30.3 Å². The monoisotopic (exact) mass is 385 g/mol. The topological polar surface area (TPSA) is 116 Å². The zero-order valence-electron chi connectivity index (χ0n) is 15.0. The zero-order valence-corrected chi connectivity index (χ0v) is 15.8. The Kier molecular flexibility index (Phi) is 5.10. The largest absolute Gasteiger partial charge is 0.340 e. The second-order valence-corrected chi connectivity index (χ2v) is 8.73. The highest BCUT2D eigenvalue weighted by Gasteiger charge is 2.32. The Morgan fingerprint density at radius 2 is 2.00 bits per heavy atom. The molecule has 1 unspecified atom stereocenters. The molecule has 1 aliphatic rings. The Hall–Kier alpha value is -2.99. The summed E-state index contributed by atoms with van der Waals surface area (Å²) >= 11 is 0. The third kappa shape index (κ3) is 4.41. The summed E-state index contributed by atoms with van der Waals surface area (Å²) in [7, 11) is -1.29. The van der Waals surface area contributed by atoms with Gasteiger partial charge in [-0.05, 0) is 43.7 Å². The number of aromatic nitrogens is 2. The molecule has 0 aliphatic carbocycles. The second-order valence-electron chi connectivity index (χ2n) is 6.51. The molecule has 140 valence electrons. The molecule has 0 bridgehead atoms. The van der Waals surface area contributed by atoms with Gasteiger partial charge in [0, 0.05) is 24.5 Å². The van der Waals surface area contributed by atoms with E-state index in [0.717, 1.165) is 0 Å². The molecule has 1 fully saturated rings. The van der Waals surface area contributed by atoms with Crippen LogP contribution >= 0.6 is 0 Å². The maximum Gasteiger partial charge on any atom is 0.274 e. The van der Waals surface area contributed by atoms with Crippen LogP contribution in [-0.2, 0) is 9.84 Å². The summed E-state index contributed by atoms with van der Waals surface area (Å²) in [5.74, 6) is 0.133. The van der Waals surface area contributed by atoms with Gasteiger partial charge in [-0.15, -0.1) is 0 Å². The SMILES string of the molecule is Cc1cc(C(=O)Nc2ccc(C#N)cc2)nc(N(C)C2CCS(=O)(=O)C2)n1. The number of hydrogen-bond donors (Lipinski definition) is 1. The van der Waals surface area contributed by atoms with Crippen LogP contribution in [-0.4, -0.2) is 48.9 Å². The fourth-order valence-corrected chi connectivity index (χ4v) is 4.67. The van der Waals surface area contributed by atoms with E-state index in [1.54, 1.807) is 49.2 Å². The number of benzene rings is 1. The lowest BCUT2D eigenvalue weighted by atomic mass is 10.2. The van der Waals surface area contributed by atoms with Gasteiger partial charge in [0.2, 0.25) is 5.95 Å². The molecule has 3 rings (SSSR count). The quantitative estimate of drug-likeness (QED) is 0.848. The predicted octanol–water partition coefficient (Wildman–Crippen LogP) is 1.53. The van der Waals surface area contributed by atoms with Gasteiger partial charge < -0.3 is 10.2 Å². The summed E-state index contributed by atoms with van der Waals surface area (Å²) < 4.78 is 23.4. The van der Waals surface area contributed by atoms with Crippen LogP contribution in [0, 0.1) is 18.3 Å². The van der Waals surface area contributed by atoms with Crippen LogP contribution in [0.2, 0.25) is 0 Å². The summed E-state index contributed by atoms with van der Waals surface area (Å²) in [5, 5.41) is 11.6. The molecule has 2 heterocycles. The molecule has 1 aromatic heterocycles. The fourth-order valence-electron chi connectivity index (χ4n) is 2.89. The van der Waals surface area contributed by atoms with Crippen molar-refractivity contribution >= 4 is 27.4 Å². The third-order valence-corrected chi connectivity index (χ3v) is 6.17. The van der Waals surface area contributed by atoms with Crippen molar-refractivity contribution in [3.63, 3.8) is 0 Å². The van der Waals surface area contributed by atoms with Gasteiger partial charge in [0.1, 0.15) is 5.69 Å². The Morgan fingerprint density at radius 3 is 2.59 bits per heavy atom. The number of nitriles is 1. The number of hydrogen-bond acceptors (Lipinski definition) is 7. The molecule has 1 aromatic carbocycles. The second kappa shape index (κ2) is 7.32. The van der Waals surface area contributed by atoms with Crippen molar-refractivity contribution in [2.75, 3.05) is 28.8 Å². The van der Waals surface area contributed by atoms with E-state index >= 15 is 0 Å². The van der Waals surface area contributed by atoms with Gasteiger partial charge in [-0.3, -0.25) is 4.79 Å². The van der Waals surface area contributed by atoms with E-state index in [9.17, 15) is 13.2 Å². The van der Waals surface area contributed by atoms with Crippen molar-refractivity contribution in [3.8, 4) is 6.07 Å². The molecule has 1 amide bonds. The summed E-state index contributed by atoms with van der Waals surface area (Å²) in [6, 6.07) is 9.89. The van der Waals surface area contributed by atoms with E-state index in [1.165, 1.54) is 0 Å². The highest BCUT2D eigenvalue weighted by atomic mass is 32.2. The Morgan fingerprint density at radius 1 is 1.30 bits per heavy atom. The van der Waals surface area contributed by atoms with Crippen molar-refractivity contribution in [2.45, 2.75) is 19.4 Å². The van der Waals surface area contributed by atoms with Gasteiger partial charge >= 0.3 is 0 Å². The number of amides is 1. The zero-order chi connectivity index (χ0) is 19.6. The van der Waals surface area contributed by atoms with E-state index in [4.69, 9.17) is 5.26 Å². The average molecular weight is 385 g/mol. The number of sulfone groups is 1. The van der Waals surface area contributed by atoms with Gasteiger partial charge in [0.25, 0.3) is 5.91 Å². The maximum absolute atomic E-state index is 12.5. The number of nitrogens with one attached hydrogen (secondary N) is 1. The van der Waals surface area contributed by atoms with Gasteiger partial charge in [-0.25, -0.2) is 18.4 Å². The fraction of sp³-hybridized carbons (Fsp3) is 0.333. The number of carbonyl (C=O) groups is 1. The minimum absolute atomic E-state index is 0.0631. The molecular weight excluding hydrogens is 366 g/mol. The Balaban J connectivity index is 1.80. The summed E-state index contributed by atoms with van der Waals surface area (Å²) in [6.45, 7) is 1.75. The Labute approximate surface area is 157 Å². The van der Waals surface area contributed by atoms with Crippen LogP contribution in [0.4, 0.5) is 11.6 Å². The summed E-state index contributed by atoms with van der Waals surface area (Å²) in [4.78, 5) is 22.9. The summed E-state index contributed by atoms with van der Waals surface area (Å²) in [5.41, 5.74) is 1.85. The lowest BCUT2D eigenvalue weighted by Crippen LogP contribution is -2.34. The van der Waals surface area contributed by atoms with Gasteiger partial charge in [-0.1, -0.05) is 0 Å². The molecule has 8 nitrogen and oxygen atoms in total. The van der Waals surface area contributed by atoms with E-state index in [-0.39, 0.29) is 23.2 Å². The Bertz CT molecular complexity index is 1010. The predicted molar refractivity (Wildman–Crippen MR) is 101 cm³/mol. The van der Waals surface area contributed by atoms with Crippen LogP contribution < -0.4 is 10.2 Å². The van der Waals surface area contributed by atoms with Crippen molar-refractivity contribution in [1.82, 2.24) is 9.97 Å². The first-order valence-corrected chi connectivity index (χ1v) is 10.2. The molecular formula is C18H19N5O3S. The molecule has 1 aliphatic heterocycles. The first-order valence-electron chi connectivity index (χ1n) is 8.38. The summed E-state index contributed by atoms with van der Waals surface area (Å²) in [6.07, 6.45) is 0.517. The highest BCUT2D eigenvalue weighted by molar-refractivity contribution is 7.91.